The summed E-state index contributed by atoms with van der Waals surface area (Å²) in [4.78, 5) is 16.0. The molecule has 1 saturated heterocycles. The summed E-state index contributed by atoms with van der Waals surface area (Å²) in [5, 5.41) is 19.8. The first kappa shape index (κ1) is 15.1. The molecule has 1 heterocycles. The number of urea groups is 1. The number of hydrogen-bond acceptors (Lipinski definition) is 3. The quantitative estimate of drug-likeness (QED) is 0.865. The lowest BCUT2D eigenvalue weighted by Crippen LogP contribution is -2.50. The van der Waals surface area contributed by atoms with E-state index in [1.807, 2.05) is 13.0 Å². The molecule has 1 saturated carbocycles. The number of halogens is 1. The van der Waals surface area contributed by atoms with Gasteiger partial charge in [0, 0.05) is 12.7 Å². The molecule has 1 aliphatic carbocycles. The van der Waals surface area contributed by atoms with E-state index >= 15 is 0 Å². The fourth-order valence-corrected chi connectivity index (χ4v) is 3.88. The predicted octanol–water partition coefficient (Wildman–Crippen LogP) is 2.68. The summed E-state index contributed by atoms with van der Waals surface area (Å²) in [7, 11) is 1.75. The molecule has 22 heavy (non-hydrogen) atoms. The summed E-state index contributed by atoms with van der Waals surface area (Å²) in [6, 6.07) is 5.30. The van der Waals surface area contributed by atoms with Crippen LogP contribution in [0.3, 0.4) is 0 Å². The molecule has 2 atom stereocenters. The third-order valence-electron chi connectivity index (χ3n) is 5.09. The minimum Gasteiger partial charge on any atom is -0.391 e. The van der Waals surface area contributed by atoms with E-state index < -0.39 is 11.6 Å². The number of likely N-dealkylation sites (N-methyl/N-ethyl adjacent to an activating group) is 1. The lowest BCUT2D eigenvalue weighted by atomic mass is 9.94. The van der Waals surface area contributed by atoms with Gasteiger partial charge in [-0.05, 0) is 43.9 Å². The molecule has 1 spiro atoms. The highest BCUT2D eigenvalue weighted by Crippen LogP contribution is 2.43. The molecule has 2 aliphatic rings. The SMILES string of the molecule is Cc1c(N2C[C@@]3(CCC[C@H]3O)N(C)C2=O)ccc(C#N)c1Cl. The Balaban J connectivity index is 2.02. The van der Waals surface area contributed by atoms with Crippen LogP contribution in [-0.4, -0.2) is 41.3 Å². The molecule has 0 aromatic heterocycles. The standard InChI is InChI=1S/C16H18ClN3O2/c1-10-12(6-5-11(8-18)14(10)17)20-9-16(19(2)15(20)22)7-3-4-13(16)21/h5-6,13,21H,3-4,7,9H2,1-2H3/t13-,16-/m1/s1. The zero-order valence-electron chi connectivity index (χ0n) is 12.6. The van der Waals surface area contributed by atoms with Crippen LogP contribution in [-0.2, 0) is 0 Å². The van der Waals surface area contributed by atoms with Crippen molar-refractivity contribution < 1.29 is 9.90 Å². The molecule has 0 unspecified atom stereocenters. The molecule has 2 fully saturated rings. The second-order valence-corrected chi connectivity index (χ2v) is 6.50. The summed E-state index contributed by atoms with van der Waals surface area (Å²) in [5.41, 5.74) is 1.31. The van der Waals surface area contributed by atoms with E-state index in [9.17, 15) is 9.90 Å². The summed E-state index contributed by atoms with van der Waals surface area (Å²) >= 11 is 6.22. The predicted molar refractivity (Wildman–Crippen MR) is 84.0 cm³/mol. The monoisotopic (exact) mass is 319 g/mol. The molecule has 116 valence electrons. The zero-order chi connectivity index (χ0) is 16.1. The fourth-order valence-electron chi connectivity index (χ4n) is 3.67. The largest absolute Gasteiger partial charge is 0.391 e. The summed E-state index contributed by atoms with van der Waals surface area (Å²) < 4.78 is 0. The summed E-state index contributed by atoms with van der Waals surface area (Å²) in [6.45, 7) is 2.26. The van der Waals surface area contributed by atoms with Crippen LogP contribution in [0.5, 0.6) is 0 Å². The van der Waals surface area contributed by atoms with Crippen LogP contribution in [0.1, 0.15) is 30.4 Å². The van der Waals surface area contributed by atoms with E-state index in [1.165, 1.54) is 0 Å². The molecule has 6 heteroatoms. The van der Waals surface area contributed by atoms with Crippen molar-refractivity contribution >= 4 is 23.3 Å². The van der Waals surface area contributed by atoms with Gasteiger partial charge in [0.2, 0.25) is 0 Å². The van der Waals surface area contributed by atoms with Gasteiger partial charge in [-0.3, -0.25) is 4.90 Å². The Bertz CT molecular complexity index is 685. The fraction of sp³-hybridized carbons (Fsp3) is 0.500. The molecule has 2 amide bonds. The molecule has 1 N–H and O–H groups in total. The van der Waals surface area contributed by atoms with Gasteiger partial charge in [-0.25, -0.2) is 4.79 Å². The first-order valence-corrected chi connectivity index (χ1v) is 7.73. The zero-order valence-corrected chi connectivity index (χ0v) is 13.4. The van der Waals surface area contributed by atoms with E-state index in [0.717, 1.165) is 19.3 Å². The van der Waals surface area contributed by atoms with E-state index in [2.05, 4.69) is 0 Å². The molecule has 1 aromatic rings. The lowest BCUT2D eigenvalue weighted by molar-refractivity contribution is 0.0495. The Hall–Kier alpha value is -1.77. The topological polar surface area (TPSA) is 67.6 Å². The maximum absolute atomic E-state index is 12.7. The number of nitriles is 1. The van der Waals surface area contributed by atoms with Crippen LogP contribution in [0.15, 0.2) is 12.1 Å². The number of benzene rings is 1. The molecule has 0 bridgehead atoms. The number of anilines is 1. The maximum atomic E-state index is 12.7. The molecular weight excluding hydrogens is 302 g/mol. The van der Waals surface area contributed by atoms with Gasteiger partial charge < -0.3 is 10.0 Å². The molecular formula is C16H18ClN3O2. The number of hydrogen-bond donors (Lipinski definition) is 1. The Kier molecular flexibility index (Phi) is 3.54. The Morgan fingerprint density at radius 3 is 2.82 bits per heavy atom. The minimum absolute atomic E-state index is 0.134. The molecule has 3 rings (SSSR count). The van der Waals surface area contributed by atoms with E-state index in [-0.39, 0.29) is 6.03 Å². The van der Waals surface area contributed by atoms with Gasteiger partial charge in [-0.15, -0.1) is 0 Å². The second kappa shape index (κ2) is 5.15. The van der Waals surface area contributed by atoms with Crippen LogP contribution < -0.4 is 4.90 Å². The van der Waals surface area contributed by atoms with Crippen molar-refractivity contribution in [2.75, 3.05) is 18.5 Å². The van der Waals surface area contributed by atoms with Gasteiger partial charge in [-0.1, -0.05) is 11.6 Å². The van der Waals surface area contributed by atoms with E-state index in [4.69, 9.17) is 16.9 Å². The highest BCUT2D eigenvalue weighted by Gasteiger charge is 2.54. The summed E-state index contributed by atoms with van der Waals surface area (Å²) in [6.07, 6.45) is 1.94. The van der Waals surface area contributed by atoms with E-state index in [0.29, 0.717) is 28.4 Å². The minimum atomic E-state index is -0.510. The Morgan fingerprint density at radius 2 is 2.23 bits per heavy atom. The highest BCUT2D eigenvalue weighted by atomic mass is 35.5. The van der Waals surface area contributed by atoms with Gasteiger partial charge >= 0.3 is 6.03 Å². The summed E-state index contributed by atoms with van der Waals surface area (Å²) in [5.74, 6) is 0. The van der Waals surface area contributed by atoms with Crippen molar-refractivity contribution in [3.8, 4) is 6.07 Å². The average molecular weight is 320 g/mol. The van der Waals surface area contributed by atoms with Crippen LogP contribution in [0.25, 0.3) is 0 Å². The maximum Gasteiger partial charge on any atom is 0.324 e. The van der Waals surface area contributed by atoms with Gasteiger partial charge in [0.15, 0.2) is 0 Å². The van der Waals surface area contributed by atoms with Crippen LogP contribution >= 0.6 is 11.6 Å². The first-order valence-electron chi connectivity index (χ1n) is 7.35. The number of amides is 2. The number of carbonyl (C=O) groups is 1. The van der Waals surface area contributed by atoms with Crippen molar-refractivity contribution in [2.45, 2.75) is 37.8 Å². The van der Waals surface area contributed by atoms with Crippen LogP contribution in [0.2, 0.25) is 5.02 Å². The number of carbonyl (C=O) groups excluding carboxylic acids is 1. The first-order chi connectivity index (χ1) is 10.4. The van der Waals surface area contributed by atoms with Crippen LogP contribution in [0, 0.1) is 18.3 Å². The van der Waals surface area contributed by atoms with Gasteiger partial charge in [0.25, 0.3) is 0 Å². The van der Waals surface area contributed by atoms with Crippen molar-refractivity contribution in [1.29, 1.82) is 5.26 Å². The Labute approximate surface area is 134 Å². The number of aliphatic hydroxyl groups excluding tert-OH is 1. The van der Waals surface area contributed by atoms with Crippen molar-refractivity contribution in [3.05, 3.63) is 28.3 Å². The third kappa shape index (κ3) is 1.91. The lowest BCUT2D eigenvalue weighted by Gasteiger charge is -2.33. The Morgan fingerprint density at radius 1 is 1.50 bits per heavy atom. The number of rotatable bonds is 1. The van der Waals surface area contributed by atoms with Crippen molar-refractivity contribution in [3.63, 3.8) is 0 Å². The average Bonchev–Trinajstić information content (AvgIpc) is 2.99. The normalized spacial score (nSPS) is 27.8. The molecule has 1 aliphatic heterocycles. The molecule has 1 aromatic carbocycles. The highest BCUT2D eigenvalue weighted by molar-refractivity contribution is 6.33. The van der Waals surface area contributed by atoms with Gasteiger partial charge in [-0.2, -0.15) is 5.26 Å². The molecule has 0 radical (unpaired) electrons. The molecule has 5 nitrogen and oxygen atoms in total. The van der Waals surface area contributed by atoms with Gasteiger partial charge in [0.1, 0.15) is 6.07 Å². The number of nitrogens with zero attached hydrogens (tertiary/aromatic N) is 3. The smallest absolute Gasteiger partial charge is 0.324 e. The van der Waals surface area contributed by atoms with Crippen molar-refractivity contribution in [2.24, 2.45) is 0 Å². The number of aliphatic hydroxyl groups is 1. The van der Waals surface area contributed by atoms with E-state index in [1.54, 1.807) is 29.0 Å². The van der Waals surface area contributed by atoms with Gasteiger partial charge in [0.05, 0.1) is 28.8 Å². The van der Waals surface area contributed by atoms with Crippen LogP contribution in [0.4, 0.5) is 10.5 Å². The second-order valence-electron chi connectivity index (χ2n) is 6.12. The third-order valence-corrected chi connectivity index (χ3v) is 5.58. The van der Waals surface area contributed by atoms with Crippen molar-refractivity contribution in [1.82, 2.24) is 4.90 Å².